The molecule has 3 heterocycles. The molecule has 0 saturated heterocycles. The SMILES string of the molecule is CNC(=O)NC[C@H](NC(=O)c1ccc2cc1OCCCCCCOc1ccc(cc1)CNc1nc(nc(OCC(F)(F)F)n1)N2)C(=O)O. The van der Waals surface area contributed by atoms with Crippen LogP contribution in [0.5, 0.6) is 17.5 Å². The number of carbonyl (C=O) groups excluding carboxylic acids is 2. The number of hydrogen-bond acceptors (Lipinski definition) is 11. The monoisotopic (exact) mass is 676 g/mol. The highest BCUT2D eigenvalue weighted by Crippen LogP contribution is 2.27. The van der Waals surface area contributed by atoms with E-state index in [1.165, 1.54) is 25.2 Å². The van der Waals surface area contributed by atoms with Crippen molar-refractivity contribution in [1.82, 2.24) is 30.9 Å². The number of alkyl halides is 3. The van der Waals surface area contributed by atoms with Crippen LogP contribution in [0.4, 0.5) is 35.5 Å². The molecular formula is C30H35F3N8O7. The van der Waals surface area contributed by atoms with Gasteiger partial charge in [0.1, 0.15) is 17.5 Å². The molecule has 3 amide bonds. The molecule has 2 aliphatic rings. The number of ether oxygens (including phenoxy) is 3. The van der Waals surface area contributed by atoms with Crippen molar-refractivity contribution < 1.29 is 46.9 Å². The number of carboxylic acid groups (broad SMARTS) is 1. The van der Waals surface area contributed by atoms with Gasteiger partial charge in [-0.3, -0.25) is 4.79 Å². The average molecular weight is 677 g/mol. The molecule has 2 aliphatic heterocycles. The number of nitrogens with zero attached hydrogens (tertiary/aromatic N) is 3. The molecule has 0 fully saturated rings. The number of aliphatic carboxylic acids is 1. The van der Waals surface area contributed by atoms with Crippen LogP contribution in [0.25, 0.3) is 0 Å². The Labute approximate surface area is 273 Å². The Morgan fingerprint density at radius 1 is 0.979 bits per heavy atom. The number of carboxylic acids is 1. The Bertz CT molecular complexity index is 1560. The lowest BCUT2D eigenvalue weighted by Crippen LogP contribution is -2.49. The van der Waals surface area contributed by atoms with Gasteiger partial charge in [-0.15, -0.1) is 0 Å². The minimum atomic E-state index is -4.64. The lowest BCUT2D eigenvalue weighted by molar-refractivity contribution is -0.154. The van der Waals surface area contributed by atoms with Crippen LogP contribution in [-0.4, -0.2) is 83.6 Å². The molecule has 0 spiro atoms. The maximum Gasteiger partial charge on any atom is 0.422 e. The van der Waals surface area contributed by atoms with Crippen LogP contribution in [0.15, 0.2) is 42.5 Å². The standard InChI is InChI=1S/C30H35F3N8O7/c1-34-28(45)36-16-22(25(43)44)38-24(42)21-11-8-19-14-23(21)47-13-5-3-2-4-12-46-20-9-6-18(7-10-20)15-35-26-39-27(37-19)41-29(40-26)48-17-30(31,32)33/h6-11,14,22H,2-5,12-13,15-17H2,1H3,(H,38,42)(H,43,44)(H2,34,36,45)(H2,35,37,39,40,41)/t22-/m0/s1. The summed E-state index contributed by atoms with van der Waals surface area (Å²) >= 11 is 0. The normalized spacial score (nSPS) is 14.3. The molecule has 15 nitrogen and oxygen atoms in total. The van der Waals surface area contributed by atoms with E-state index in [0.717, 1.165) is 24.8 Å². The summed E-state index contributed by atoms with van der Waals surface area (Å²) in [5, 5.41) is 22.4. The van der Waals surface area contributed by atoms with Gasteiger partial charge in [0.15, 0.2) is 6.61 Å². The second-order valence-electron chi connectivity index (χ2n) is 10.4. The van der Waals surface area contributed by atoms with Crippen LogP contribution in [-0.2, 0) is 11.3 Å². The first-order chi connectivity index (χ1) is 23.0. The maximum absolute atomic E-state index is 13.2. The molecule has 18 heteroatoms. The van der Waals surface area contributed by atoms with Gasteiger partial charge in [-0.1, -0.05) is 12.1 Å². The van der Waals surface area contributed by atoms with Crippen molar-refractivity contribution in [3.63, 3.8) is 0 Å². The summed E-state index contributed by atoms with van der Waals surface area (Å²) in [7, 11) is 1.36. The number of urea groups is 1. The van der Waals surface area contributed by atoms with E-state index in [1.54, 1.807) is 0 Å². The fourth-order valence-electron chi connectivity index (χ4n) is 4.27. The molecular weight excluding hydrogens is 641 g/mol. The number of nitrogens with one attached hydrogen (secondary N) is 5. The van der Waals surface area contributed by atoms with Gasteiger partial charge in [-0.05, 0) is 55.5 Å². The number of carbonyl (C=O) groups is 3. The Morgan fingerprint density at radius 3 is 2.38 bits per heavy atom. The molecule has 258 valence electrons. The first kappa shape index (κ1) is 35.3. The topological polar surface area (TPSA) is 198 Å². The van der Waals surface area contributed by atoms with Gasteiger partial charge >= 0.3 is 24.2 Å². The Balaban J connectivity index is 1.62. The van der Waals surface area contributed by atoms with E-state index >= 15 is 0 Å². The molecule has 1 aromatic heterocycles. The smallest absolute Gasteiger partial charge is 0.422 e. The highest BCUT2D eigenvalue weighted by molar-refractivity contribution is 5.99. The van der Waals surface area contributed by atoms with Gasteiger partial charge in [0, 0.05) is 25.3 Å². The molecule has 0 radical (unpaired) electrons. The zero-order chi connectivity index (χ0) is 34.5. The number of anilines is 3. The van der Waals surface area contributed by atoms with Crippen LogP contribution in [0.3, 0.4) is 0 Å². The van der Waals surface area contributed by atoms with E-state index in [9.17, 15) is 32.7 Å². The van der Waals surface area contributed by atoms with Crippen LogP contribution in [0, 0.1) is 0 Å². The Morgan fingerprint density at radius 2 is 1.69 bits per heavy atom. The maximum atomic E-state index is 13.2. The van der Waals surface area contributed by atoms with Crippen LogP contribution in [0.1, 0.15) is 41.6 Å². The summed E-state index contributed by atoms with van der Waals surface area (Å²) in [6, 6.07) is 8.87. The molecule has 48 heavy (non-hydrogen) atoms. The van der Waals surface area contributed by atoms with Crippen molar-refractivity contribution in [3.05, 3.63) is 53.6 Å². The fourth-order valence-corrected chi connectivity index (χ4v) is 4.27. The molecule has 5 rings (SSSR count). The molecule has 0 aliphatic carbocycles. The van der Waals surface area contributed by atoms with E-state index < -0.39 is 42.7 Å². The van der Waals surface area contributed by atoms with Gasteiger partial charge in [0.2, 0.25) is 11.9 Å². The fraction of sp³-hybridized carbons (Fsp3) is 0.400. The third-order valence-electron chi connectivity index (χ3n) is 6.70. The summed E-state index contributed by atoms with van der Waals surface area (Å²) in [4.78, 5) is 48.7. The number of amides is 3. The summed E-state index contributed by atoms with van der Waals surface area (Å²) in [6.07, 6.45) is -1.55. The van der Waals surface area contributed by atoms with Gasteiger partial charge < -0.3 is 45.9 Å². The van der Waals surface area contributed by atoms with Crippen molar-refractivity contribution >= 4 is 35.5 Å². The van der Waals surface area contributed by atoms with Crippen molar-refractivity contribution in [3.8, 4) is 17.5 Å². The van der Waals surface area contributed by atoms with Crippen molar-refractivity contribution in [2.24, 2.45) is 0 Å². The third kappa shape index (κ3) is 11.4. The largest absolute Gasteiger partial charge is 0.494 e. The van der Waals surface area contributed by atoms with Crippen molar-refractivity contribution in [2.45, 2.75) is 44.4 Å². The van der Waals surface area contributed by atoms with E-state index in [1.807, 2.05) is 24.3 Å². The molecule has 0 unspecified atom stereocenters. The minimum absolute atomic E-state index is 0.00439. The third-order valence-corrected chi connectivity index (χ3v) is 6.70. The second-order valence-corrected chi connectivity index (χ2v) is 10.4. The zero-order valence-electron chi connectivity index (χ0n) is 25.9. The number of benzene rings is 2. The van der Waals surface area contributed by atoms with E-state index in [4.69, 9.17) is 14.2 Å². The Kier molecular flexibility index (Phi) is 12.4. The zero-order valence-corrected chi connectivity index (χ0v) is 25.9. The summed E-state index contributed by atoms with van der Waals surface area (Å²) in [5.74, 6) is -1.65. The number of rotatable bonds is 7. The van der Waals surface area contributed by atoms with Crippen LogP contribution < -0.4 is 40.8 Å². The summed E-state index contributed by atoms with van der Waals surface area (Å²) in [5.41, 5.74) is 1.11. The van der Waals surface area contributed by atoms with Crippen LogP contribution >= 0.6 is 0 Å². The molecule has 6 bridgehead atoms. The van der Waals surface area contributed by atoms with Crippen molar-refractivity contribution in [2.75, 3.05) is 44.0 Å². The summed E-state index contributed by atoms with van der Waals surface area (Å²) in [6.45, 7) is -1.08. The molecule has 2 aromatic carbocycles. The average Bonchev–Trinajstić information content (AvgIpc) is 3.05. The van der Waals surface area contributed by atoms with E-state index in [2.05, 4.69) is 41.5 Å². The van der Waals surface area contributed by atoms with Crippen molar-refractivity contribution in [1.29, 1.82) is 0 Å². The molecule has 1 atom stereocenters. The highest BCUT2D eigenvalue weighted by Gasteiger charge is 2.29. The quantitative estimate of drug-likeness (QED) is 0.213. The Hall–Kier alpha value is -5.55. The lowest BCUT2D eigenvalue weighted by Gasteiger charge is -2.18. The molecule has 0 saturated carbocycles. The molecule has 6 N–H and O–H groups in total. The highest BCUT2D eigenvalue weighted by atomic mass is 19.4. The van der Waals surface area contributed by atoms with E-state index in [0.29, 0.717) is 18.8 Å². The predicted octanol–water partition coefficient (Wildman–Crippen LogP) is 3.61. The number of fused-ring (bicyclic) bond motifs is 10. The predicted molar refractivity (Wildman–Crippen MR) is 166 cm³/mol. The van der Waals surface area contributed by atoms with Crippen LogP contribution in [0.2, 0.25) is 0 Å². The van der Waals surface area contributed by atoms with Gasteiger partial charge in [-0.25, -0.2) is 9.59 Å². The molecule has 3 aromatic rings. The lowest BCUT2D eigenvalue weighted by atomic mass is 10.1. The number of halogens is 3. The van der Waals surface area contributed by atoms with E-state index in [-0.39, 0.29) is 48.6 Å². The first-order valence-corrected chi connectivity index (χ1v) is 14.9. The second kappa shape index (κ2) is 16.8. The minimum Gasteiger partial charge on any atom is -0.494 e. The van der Waals surface area contributed by atoms with Gasteiger partial charge in [-0.2, -0.15) is 28.1 Å². The first-order valence-electron chi connectivity index (χ1n) is 14.9. The number of aromatic nitrogens is 3. The summed E-state index contributed by atoms with van der Waals surface area (Å²) < 4.78 is 55.3. The van der Waals surface area contributed by atoms with Gasteiger partial charge in [0.05, 0.1) is 25.3 Å². The van der Waals surface area contributed by atoms with Gasteiger partial charge in [0.25, 0.3) is 5.91 Å². The number of hydrogen-bond donors (Lipinski definition) is 6.